The SMILES string of the molecule is CN(C(=O)c1ccc2nc(N)sc2c1)C(C)(C)C(=O)O. The molecular weight excluding hydrogens is 278 g/mol. The van der Waals surface area contributed by atoms with Gasteiger partial charge in [0, 0.05) is 12.6 Å². The Kier molecular flexibility index (Phi) is 3.39. The lowest BCUT2D eigenvalue weighted by Crippen LogP contribution is -2.50. The van der Waals surface area contributed by atoms with Crippen molar-refractivity contribution < 1.29 is 14.7 Å². The van der Waals surface area contributed by atoms with Crippen LogP contribution in [0.5, 0.6) is 0 Å². The molecule has 6 nitrogen and oxygen atoms in total. The molecule has 7 heteroatoms. The molecule has 1 aromatic heterocycles. The first-order chi connectivity index (χ1) is 9.23. The Bertz CT molecular complexity index is 693. The quantitative estimate of drug-likeness (QED) is 0.899. The van der Waals surface area contributed by atoms with Gasteiger partial charge in [0.1, 0.15) is 5.54 Å². The van der Waals surface area contributed by atoms with E-state index in [1.807, 2.05) is 0 Å². The standard InChI is InChI=1S/C13H15N3O3S/c1-13(2,11(18)19)16(3)10(17)7-4-5-8-9(6-7)20-12(14)15-8/h4-6H,1-3H3,(H2,14,15)(H,18,19). The van der Waals surface area contributed by atoms with Crippen molar-refractivity contribution in [1.82, 2.24) is 9.88 Å². The number of likely N-dealkylation sites (N-methyl/N-ethyl adjacent to an activating group) is 1. The second kappa shape index (κ2) is 4.75. The summed E-state index contributed by atoms with van der Waals surface area (Å²) in [5.41, 5.74) is 5.48. The van der Waals surface area contributed by atoms with Gasteiger partial charge < -0.3 is 15.7 Å². The second-order valence-corrected chi connectivity index (χ2v) is 6.03. The van der Waals surface area contributed by atoms with Crippen molar-refractivity contribution in [2.75, 3.05) is 12.8 Å². The van der Waals surface area contributed by atoms with Gasteiger partial charge in [-0.1, -0.05) is 11.3 Å². The predicted molar refractivity (Wildman–Crippen MR) is 77.8 cm³/mol. The number of hydrogen-bond donors (Lipinski definition) is 2. The summed E-state index contributed by atoms with van der Waals surface area (Å²) in [6, 6.07) is 5.01. The van der Waals surface area contributed by atoms with Crippen LogP contribution in [-0.2, 0) is 4.79 Å². The maximum atomic E-state index is 12.4. The molecule has 0 aliphatic carbocycles. The summed E-state index contributed by atoms with van der Waals surface area (Å²) in [4.78, 5) is 28.9. The molecule has 1 heterocycles. The van der Waals surface area contributed by atoms with Crippen LogP contribution in [0.25, 0.3) is 10.2 Å². The summed E-state index contributed by atoms with van der Waals surface area (Å²) in [7, 11) is 1.47. The number of carboxylic acids is 1. The van der Waals surface area contributed by atoms with Gasteiger partial charge in [0.15, 0.2) is 5.13 Å². The Labute approximate surface area is 119 Å². The molecule has 0 saturated carbocycles. The highest BCUT2D eigenvalue weighted by Crippen LogP contribution is 2.26. The summed E-state index contributed by atoms with van der Waals surface area (Å²) in [5, 5.41) is 9.60. The molecule has 0 fully saturated rings. The van der Waals surface area contributed by atoms with Crippen LogP contribution in [0.4, 0.5) is 5.13 Å². The number of fused-ring (bicyclic) bond motifs is 1. The topological polar surface area (TPSA) is 96.5 Å². The summed E-state index contributed by atoms with van der Waals surface area (Å²) in [6.07, 6.45) is 0. The van der Waals surface area contributed by atoms with Crippen molar-refractivity contribution in [2.24, 2.45) is 0 Å². The number of aliphatic carboxylic acids is 1. The first-order valence-corrected chi connectivity index (χ1v) is 6.72. The number of nitrogens with zero attached hydrogens (tertiary/aromatic N) is 2. The molecule has 0 unspecified atom stereocenters. The number of benzene rings is 1. The van der Waals surface area contributed by atoms with E-state index in [1.54, 1.807) is 18.2 Å². The first-order valence-electron chi connectivity index (χ1n) is 5.91. The smallest absolute Gasteiger partial charge is 0.329 e. The van der Waals surface area contributed by atoms with E-state index in [9.17, 15) is 9.59 Å². The number of thiazole rings is 1. The summed E-state index contributed by atoms with van der Waals surface area (Å²) < 4.78 is 0.801. The largest absolute Gasteiger partial charge is 0.480 e. The maximum absolute atomic E-state index is 12.4. The predicted octanol–water partition coefficient (Wildman–Crippen LogP) is 1.81. The van der Waals surface area contributed by atoms with Gasteiger partial charge in [0.05, 0.1) is 10.2 Å². The van der Waals surface area contributed by atoms with Crippen molar-refractivity contribution in [3.8, 4) is 0 Å². The third-order valence-electron chi connectivity index (χ3n) is 3.32. The summed E-state index contributed by atoms with van der Waals surface area (Å²) in [5.74, 6) is -1.41. The fourth-order valence-corrected chi connectivity index (χ4v) is 2.44. The maximum Gasteiger partial charge on any atom is 0.329 e. The second-order valence-electron chi connectivity index (χ2n) is 4.96. The molecule has 1 amide bonds. The Balaban J connectivity index is 2.38. The molecule has 2 aromatic rings. The van der Waals surface area contributed by atoms with Crippen molar-refractivity contribution >= 4 is 38.6 Å². The molecule has 0 bridgehead atoms. The van der Waals surface area contributed by atoms with Gasteiger partial charge in [0.2, 0.25) is 0 Å². The Morgan fingerprint density at radius 2 is 2.05 bits per heavy atom. The molecule has 20 heavy (non-hydrogen) atoms. The molecule has 106 valence electrons. The Morgan fingerprint density at radius 1 is 1.40 bits per heavy atom. The van der Waals surface area contributed by atoms with Crippen LogP contribution >= 0.6 is 11.3 Å². The molecule has 2 rings (SSSR count). The van der Waals surface area contributed by atoms with Gasteiger partial charge in [-0.25, -0.2) is 9.78 Å². The molecule has 1 aromatic carbocycles. The van der Waals surface area contributed by atoms with Crippen LogP contribution in [0.1, 0.15) is 24.2 Å². The lowest BCUT2D eigenvalue weighted by Gasteiger charge is -2.31. The molecule has 0 spiro atoms. The van der Waals surface area contributed by atoms with Gasteiger partial charge in [-0.3, -0.25) is 4.79 Å². The van der Waals surface area contributed by atoms with Crippen LogP contribution < -0.4 is 5.73 Å². The number of hydrogen-bond acceptors (Lipinski definition) is 5. The first kappa shape index (κ1) is 14.3. The minimum absolute atomic E-state index is 0.355. The zero-order valence-corrected chi connectivity index (χ0v) is 12.2. The van der Waals surface area contributed by atoms with E-state index in [-0.39, 0.29) is 5.91 Å². The molecule has 0 radical (unpaired) electrons. The van der Waals surface area contributed by atoms with Crippen LogP contribution in [0.2, 0.25) is 0 Å². The number of nitrogen functional groups attached to an aromatic ring is 1. The van der Waals surface area contributed by atoms with E-state index < -0.39 is 11.5 Å². The average Bonchev–Trinajstić information content (AvgIpc) is 2.75. The number of anilines is 1. The lowest BCUT2D eigenvalue weighted by atomic mass is 10.0. The number of carbonyl (C=O) groups is 2. The van der Waals surface area contributed by atoms with Crippen molar-refractivity contribution in [2.45, 2.75) is 19.4 Å². The zero-order valence-electron chi connectivity index (χ0n) is 11.4. The van der Waals surface area contributed by atoms with E-state index in [1.165, 1.54) is 37.1 Å². The third-order valence-corrected chi connectivity index (χ3v) is 4.17. The van der Waals surface area contributed by atoms with E-state index in [0.29, 0.717) is 10.7 Å². The van der Waals surface area contributed by atoms with E-state index >= 15 is 0 Å². The summed E-state index contributed by atoms with van der Waals surface area (Å²) in [6.45, 7) is 2.97. The highest BCUT2D eigenvalue weighted by Gasteiger charge is 2.35. The van der Waals surface area contributed by atoms with Gasteiger partial charge in [-0.2, -0.15) is 0 Å². The average molecular weight is 293 g/mol. The Morgan fingerprint density at radius 3 is 2.65 bits per heavy atom. The number of carbonyl (C=O) groups excluding carboxylic acids is 1. The van der Waals surface area contributed by atoms with Crippen molar-refractivity contribution in [3.63, 3.8) is 0 Å². The number of aromatic nitrogens is 1. The van der Waals surface area contributed by atoms with Crippen LogP contribution in [0.3, 0.4) is 0 Å². The summed E-state index contributed by atoms with van der Waals surface area (Å²) >= 11 is 1.29. The molecular formula is C13H15N3O3S. The normalized spacial score (nSPS) is 11.6. The number of nitrogens with two attached hydrogens (primary N) is 1. The van der Waals surface area contributed by atoms with E-state index in [4.69, 9.17) is 10.8 Å². The molecule has 0 saturated heterocycles. The minimum atomic E-state index is -1.28. The van der Waals surface area contributed by atoms with Crippen LogP contribution in [-0.4, -0.2) is 39.5 Å². The third kappa shape index (κ3) is 2.32. The molecule has 0 aliphatic rings. The van der Waals surface area contributed by atoms with Gasteiger partial charge in [-0.05, 0) is 32.0 Å². The van der Waals surface area contributed by atoms with E-state index in [2.05, 4.69) is 4.98 Å². The van der Waals surface area contributed by atoms with Gasteiger partial charge >= 0.3 is 5.97 Å². The van der Waals surface area contributed by atoms with Gasteiger partial charge in [0.25, 0.3) is 5.91 Å². The lowest BCUT2D eigenvalue weighted by molar-refractivity contribution is -0.147. The van der Waals surface area contributed by atoms with Crippen LogP contribution in [0.15, 0.2) is 18.2 Å². The number of carboxylic acid groups (broad SMARTS) is 1. The van der Waals surface area contributed by atoms with E-state index in [0.717, 1.165) is 10.2 Å². The highest BCUT2D eigenvalue weighted by atomic mass is 32.1. The van der Waals surface area contributed by atoms with Crippen molar-refractivity contribution in [3.05, 3.63) is 23.8 Å². The molecule has 3 N–H and O–H groups in total. The zero-order chi connectivity index (χ0) is 15.1. The Hall–Kier alpha value is -2.15. The minimum Gasteiger partial charge on any atom is -0.480 e. The van der Waals surface area contributed by atoms with Crippen LogP contribution in [0, 0.1) is 0 Å². The van der Waals surface area contributed by atoms with Gasteiger partial charge in [-0.15, -0.1) is 0 Å². The number of amides is 1. The fourth-order valence-electron chi connectivity index (χ4n) is 1.67. The molecule has 0 aliphatic heterocycles. The fraction of sp³-hybridized carbons (Fsp3) is 0.308. The number of rotatable bonds is 3. The highest BCUT2D eigenvalue weighted by molar-refractivity contribution is 7.22. The monoisotopic (exact) mass is 293 g/mol. The molecule has 0 atom stereocenters. The van der Waals surface area contributed by atoms with Crippen molar-refractivity contribution in [1.29, 1.82) is 0 Å².